The van der Waals surface area contributed by atoms with Crippen LogP contribution in [0.1, 0.15) is 19.4 Å². The fraction of sp³-hybridized carbons (Fsp3) is 0.350. The van der Waals surface area contributed by atoms with E-state index in [0.29, 0.717) is 5.56 Å². The molecule has 2 unspecified atom stereocenters. The van der Waals surface area contributed by atoms with Gasteiger partial charge in [-0.3, -0.25) is 15.3 Å². The minimum Gasteiger partial charge on any atom is -0.497 e. The van der Waals surface area contributed by atoms with Gasteiger partial charge in [0, 0.05) is 6.54 Å². The van der Waals surface area contributed by atoms with Crippen LogP contribution in [0.15, 0.2) is 48.5 Å². The molecule has 2 rings (SSSR count). The molecular weight excluding hydrogens is 370 g/mol. The Bertz CT molecular complexity index is 795. The molecule has 0 aliphatic heterocycles. The summed E-state index contributed by atoms with van der Waals surface area (Å²) in [6.07, 6.45) is -3.21. The molecule has 0 saturated heterocycles. The lowest BCUT2D eigenvalue weighted by Gasteiger charge is -2.40. The number of hydrogen-bond acceptors (Lipinski definition) is 5. The number of ether oxygens (including phenoxy) is 1. The topological polar surface area (TPSA) is 90.8 Å². The molecular formula is C20H24F2N2O4. The first-order chi connectivity index (χ1) is 13.2. The molecule has 0 radical (unpaired) electrons. The number of rotatable bonds is 8. The molecule has 2 aromatic rings. The third-order valence-corrected chi connectivity index (χ3v) is 5.02. The van der Waals surface area contributed by atoms with Crippen LogP contribution in [0.5, 0.6) is 5.75 Å². The summed E-state index contributed by atoms with van der Waals surface area (Å²) < 4.78 is 31.7. The number of nitrogens with one attached hydrogen (secondary N) is 2. The van der Waals surface area contributed by atoms with Gasteiger partial charge in [0.2, 0.25) is 0 Å². The van der Waals surface area contributed by atoms with Gasteiger partial charge < -0.3 is 9.84 Å². The summed E-state index contributed by atoms with van der Waals surface area (Å²) in [7, 11) is 1.59. The van der Waals surface area contributed by atoms with Crippen LogP contribution >= 0.6 is 0 Å². The maximum Gasteiger partial charge on any atom is 0.268 e. The van der Waals surface area contributed by atoms with Gasteiger partial charge in [0.05, 0.1) is 7.11 Å². The molecule has 8 heteroatoms. The van der Waals surface area contributed by atoms with Gasteiger partial charge in [-0.2, -0.15) is 0 Å². The van der Waals surface area contributed by atoms with Gasteiger partial charge in [-0.05, 0) is 42.7 Å². The van der Waals surface area contributed by atoms with Crippen molar-refractivity contribution in [1.29, 1.82) is 0 Å². The first-order valence-electron chi connectivity index (χ1n) is 8.59. The van der Waals surface area contributed by atoms with E-state index in [1.807, 2.05) is 36.4 Å². The molecule has 0 aliphatic rings. The van der Waals surface area contributed by atoms with Crippen LogP contribution in [0.4, 0.5) is 8.78 Å². The number of carbonyl (C=O) groups excluding carboxylic acids is 1. The molecule has 0 aromatic heterocycles. The average Bonchev–Trinajstić information content (AvgIpc) is 2.71. The monoisotopic (exact) mass is 394 g/mol. The Labute approximate surface area is 162 Å². The molecule has 2 aromatic carbocycles. The van der Waals surface area contributed by atoms with Crippen molar-refractivity contribution in [2.24, 2.45) is 0 Å². The molecule has 0 bridgehead atoms. The van der Waals surface area contributed by atoms with E-state index in [4.69, 9.17) is 9.94 Å². The molecule has 2 atom stereocenters. The third kappa shape index (κ3) is 4.30. The van der Waals surface area contributed by atoms with Gasteiger partial charge >= 0.3 is 0 Å². The van der Waals surface area contributed by atoms with E-state index in [9.17, 15) is 18.7 Å². The zero-order valence-corrected chi connectivity index (χ0v) is 15.9. The van der Waals surface area contributed by atoms with Crippen LogP contribution in [0.3, 0.4) is 0 Å². The fourth-order valence-corrected chi connectivity index (χ4v) is 2.70. The maximum absolute atomic E-state index is 13.3. The minimum absolute atomic E-state index is 0.0235. The Hall–Kier alpha value is -2.55. The van der Waals surface area contributed by atoms with E-state index in [1.165, 1.54) is 5.48 Å². The molecule has 4 N–H and O–H groups in total. The van der Waals surface area contributed by atoms with Gasteiger partial charge in [0.15, 0.2) is 0 Å². The van der Waals surface area contributed by atoms with E-state index < -0.39 is 23.5 Å². The third-order valence-electron chi connectivity index (χ3n) is 5.02. The van der Waals surface area contributed by atoms with Crippen molar-refractivity contribution in [3.8, 4) is 16.9 Å². The molecule has 0 spiro atoms. The zero-order chi connectivity index (χ0) is 20.9. The first kappa shape index (κ1) is 21.7. The highest BCUT2D eigenvalue weighted by Gasteiger charge is 2.54. The van der Waals surface area contributed by atoms with E-state index >= 15 is 0 Å². The van der Waals surface area contributed by atoms with Crippen molar-refractivity contribution in [3.63, 3.8) is 0 Å². The summed E-state index contributed by atoms with van der Waals surface area (Å²) in [4.78, 5) is 12.0. The second-order valence-electron chi connectivity index (χ2n) is 6.79. The highest BCUT2D eigenvalue weighted by atomic mass is 19.3. The predicted molar refractivity (Wildman–Crippen MR) is 100 cm³/mol. The highest BCUT2D eigenvalue weighted by molar-refractivity contribution is 5.86. The first-order valence-corrected chi connectivity index (χ1v) is 8.59. The molecule has 1 amide bonds. The van der Waals surface area contributed by atoms with Crippen molar-refractivity contribution < 1.29 is 28.6 Å². The van der Waals surface area contributed by atoms with E-state index in [2.05, 4.69) is 5.32 Å². The Morgan fingerprint density at radius 1 is 1.07 bits per heavy atom. The quantitative estimate of drug-likeness (QED) is 0.408. The largest absolute Gasteiger partial charge is 0.497 e. The van der Waals surface area contributed by atoms with Crippen molar-refractivity contribution >= 4 is 5.91 Å². The maximum atomic E-state index is 13.3. The molecule has 28 heavy (non-hydrogen) atoms. The Morgan fingerprint density at radius 3 is 2.00 bits per heavy atom. The summed E-state index contributed by atoms with van der Waals surface area (Å²) in [6, 6.07) is 14.8. The summed E-state index contributed by atoms with van der Waals surface area (Å²) >= 11 is 0. The number of benzene rings is 2. The number of halogens is 2. The van der Waals surface area contributed by atoms with E-state index in [1.54, 1.807) is 19.2 Å². The lowest BCUT2D eigenvalue weighted by Crippen LogP contribution is -2.69. The average molecular weight is 394 g/mol. The van der Waals surface area contributed by atoms with E-state index in [0.717, 1.165) is 30.7 Å². The summed E-state index contributed by atoms with van der Waals surface area (Å²) in [5.74, 6) is -0.412. The Morgan fingerprint density at radius 2 is 1.57 bits per heavy atom. The second kappa shape index (κ2) is 8.64. The Kier molecular flexibility index (Phi) is 6.71. The normalized spacial score (nSPS) is 15.6. The number of amides is 1. The molecule has 0 aliphatic carbocycles. The fourth-order valence-electron chi connectivity index (χ4n) is 2.70. The lowest BCUT2D eigenvalue weighted by atomic mass is 9.81. The Balaban J connectivity index is 2.16. The number of methoxy groups -OCH3 is 1. The number of hydroxylamine groups is 1. The van der Waals surface area contributed by atoms with Crippen LogP contribution in [0.2, 0.25) is 0 Å². The molecule has 0 heterocycles. The number of alkyl halides is 2. The predicted octanol–water partition coefficient (Wildman–Crippen LogP) is 2.73. The van der Waals surface area contributed by atoms with Crippen LogP contribution in [-0.2, 0) is 11.3 Å². The van der Waals surface area contributed by atoms with Crippen LogP contribution in [0.25, 0.3) is 11.1 Å². The second-order valence-corrected chi connectivity index (χ2v) is 6.79. The van der Waals surface area contributed by atoms with Gasteiger partial charge in [-0.1, -0.05) is 36.4 Å². The lowest BCUT2D eigenvalue weighted by molar-refractivity contribution is -0.167. The van der Waals surface area contributed by atoms with Gasteiger partial charge in [0.25, 0.3) is 12.3 Å². The minimum atomic E-state index is -3.21. The van der Waals surface area contributed by atoms with Crippen molar-refractivity contribution in [1.82, 2.24) is 10.8 Å². The van der Waals surface area contributed by atoms with Gasteiger partial charge in [0.1, 0.15) is 16.9 Å². The summed E-state index contributed by atoms with van der Waals surface area (Å²) in [5, 5.41) is 21.7. The van der Waals surface area contributed by atoms with E-state index in [-0.39, 0.29) is 6.54 Å². The van der Waals surface area contributed by atoms with Crippen molar-refractivity contribution in [2.45, 2.75) is 38.0 Å². The number of carbonyl (C=O) groups is 1. The van der Waals surface area contributed by atoms with Crippen molar-refractivity contribution in [2.75, 3.05) is 7.11 Å². The molecule has 0 fully saturated rings. The summed E-state index contributed by atoms with van der Waals surface area (Å²) in [5.41, 5.74) is -0.857. The zero-order valence-electron chi connectivity index (χ0n) is 15.9. The number of aliphatic hydroxyl groups is 1. The van der Waals surface area contributed by atoms with Gasteiger partial charge in [-0.15, -0.1) is 0 Å². The molecule has 0 saturated carbocycles. The van der Waals surface area contributed by atoms with Crippen LogP contribution in [-0.4, -0.2) is 40.9 Å². The SMILES string of the molecule is COc1ccc(-c2ccc(CNC(C)(C(=O)NO)C(C)(O)C(F)F)cc2)cc1. The molecule has 6 nitrogen and oxygen atoms in total. The summed E-state index contributed by atoms with van der Waals surface area (Å²) in [6.45, 7) is 1.97. The smallest absolute Gasteiger partial charge is 0.268 e. The highest BCUT2D eigenvalue weighted by Crippen LogP contribution is 2.30. The standard InChI is InChI=1S/C20H24F2N2O4/c1-19(18(25)24-27,20(2,26)17(21)22)23-12-13-4-6-14(7-5-13)15-8-10-16(28-3)11-9-15/h4-11,17,23,26-27H,12H2,1-3H3,(H,24,25). The number of hydrogen-bond donors (Lipinski definition) is 4. The van der Waals surface area contributed by atoms with Crippen LogP contribution < -0.4 is 15.5 Å². The van der Waals surface area contributed by atoms with Gasteiger partial charge in [-0.25, -0.2) is 14.3 Å². The van der Waals surface area contributed by atoms with Crippen LogP contribution in [0, 0.1) is 0 Å². The van der Waals surface area contributed by atoms with Crippen molar-refractivity contribution in [3.05, 3.63) is 54.1 Å². The molecule has 152 valence electrons.